The van der Waals surface area contributed by atoms with Gasteiger partial charge in [-0.3, -0.25) is 9.36 Å². The lowest BCUT2D eigenvalue weighted by molar-refractivity contribution is -0.113. The van der Waals surface area contributed by atoms with Gasteiger partial charge >= 0.3 is 0 Å². The summed E-state index contributed by atoms with van der Waals surface area (Å²) in [4.78, 5) is 18.3. The first-order chi connectivity index (χ1) is 14.5. The van der Waals surface area contributed by atoms with Crippen LogP contribution in [0.3, 0.4) is 0 Å². The second-order valence-electron chi connectivity index (χ2n) is 7.13. The first kappa shape index (κ1) is 21.0. The molecule has 0 spiro atoms. The summed E-state index contributed by atoms with van der Waals surface area (Å²) in [6.45, 7) is 8.54. The summed E-state index contributed by atoms with van der Waals surface area (Å²) in [5.41, 5.74) is 3.36. The molecule has 0 saturated carbocycles. The highest BCUT2D eigenvalue weighted by atomic mass is 32.2. The summed E-state index contributed by atoms with van der Waals surface area (Å²) in [6.07, 6.45) is 0.961. The number of aromatic nitrogens is 4. The number of anilines is 1. The van der Waals surface area contributed by atoms with E-state index in [2.05, 4.69) is 58.1 Å². The van der Waals surface area contributed by atoms with Gasteiger partial charge < -0.3 is 5.32 Å². The molecule has 0 saturated heterocycles. The van der Waals surface area contributed by atoms with E-state index in [0.29, 0.717) is 5.13 Å². The molecule has 0 unspecified atom stereocenters. The van der Waals surface area contributed by atoms with E-state index in [1.165, 1.54) is 33.5 Å². The second-order valence-corrected chi connectivity index (χ2v) is 10.2. The number of carbonyl (C=O) groups excluding carboxylic acids is 1. The Labute approximate surface area is 187 Å². The van der Waals surface area contributed by atoms with Crippen molar-refractivity contribution in [3.63, 3.8) is 0 Å². The predicted molar refractivity (Wildman–Crippen MR) is 127 cm³/mol. The molecule has 30 heavy (non-hydrogen) atoms. The van der Waals surface area contributed by atoms with E-state index in [-0.39, 0.29) is 17.7 Å². The van der Waals surface area contributed by atoms with Gasteiger partial charge in [-0.25, -0.2) is 4.98 Å². The number of thioether (sulfide) groups is 1. The monoisotopic (exact) mass is 457 g/mol. The summed E-state index contributed by atoms with van der Waals surface area (Å²) < 4.78 is 3.18. The van der Waals surface area contributed by atoms with Crippen molar-refractivity contribution >= 4 is 55.7 Å². The number of amides is 1. The van der Waals surface area contributed by atoms with Crippen molar-refractivity contribution in [3.8, 4) is 11.4 Å². The van der Waals surface area contributed by atoms with Crippen LogP contribution in [-0.4, -0.2) is 31.4 Å². The van der Waals surface area contributed by atoms with E-state index in [4.69, 9.17) is 0 Å². The van der Waals surface area contributed by atoms with Gasteiger partial charge in [-0.2, -0.15) is 0 Å². The molecular weight excluding hydrogens is 434 g/mol. The number of hydrogen-bond acceptors (Lipinski definition) is 7. The van der Waals surface area contributed by atoms with Crippen LogP contribution in [0.15, 0.2) is 34.8 Å². The third-order valence-corrected chi connectivity index (χ3v) is 7.60. The minimum atomic E-state index is -0.0977. The molecule has 4 aromatic rings. The van der Waals surface area contributed by atoms with Gasteiger partial charge in [0.2, 0.25) is 5.91 Å². The maximum absolute atomic E-state index is 12.5. The van der Waals surface area contributed by atoms with E-state index in [9.17, 15) is 4.79 Å². The summed E-state index contributed by atoms with van der Waals surface area (Å²) in [6, 6.07) is 8.05. The van der Waals surface area contributed by atoms with Gasteiger partial charge in [0.15, 0.2) is 16.1 Å². The molecule has 1 amide bonds. The standard InChI is InChI=1S/C21H23N5OS3/c1-5-14-13(4)28-10-15(14)19-24-25-21(26(19)12(2)3)29-11-18(27)23-20-22-16-8-6-7-9-17(16)30-20/h6-10,12H,5,11H2,1-4H3,(H,22,23,27). The third kappa shape index (κ3) is 4.14. The molecule has 0 aliphatic carbocycles. The molecule has 3 heterocycles. The van der Waals surface area contributed by atoms with Gasteiger partial charge in [-0.05, 0) is 44.9 Å². The minimum Gasteiger partial charge on any atom is -0.301 e. The van der Waals surface area contributed by atoms with Crippen LogP contribution in [-0.2, 0) is 11.2 Å². The number of benzene rings is 1. The highest BCUT2D eigenvalue weighted by Crippen LogP contribution is 2.34. The minimum absolute atomic E-state index is 0.0977. The lowest BCUT2D eigenvalue weighted by Crippen LogP contribution is -2.14. The Bertz CT molecular complexity index is 1160. The number of carbonyl (C=O) groups is 1. The van der Waals surface area contributed by atoms with E-state index in [1.807, 2.05) is 24.3 Å². The fourth-order valence-corrected chi connectivity index (χ4v) is 6.03. The van der Waals surface area contributed by atoms with Gasteiger partial charge in [0.1, 0.15) is 0 Å². The number of nitrogens with zero attached hydrogens (tertiary/aromatic N) is 4. The Morgan fingerprint density at radius 3 is 2.80 bits per heavy atom. The number of fused-ring (bicyclic) bond motifs is 1. The highest BCUT2D eigenvalue weighted by Gasteiger charge is 2.21. The molecule has 0 fully saturated rings. The second kappa shape index (κ2) is 8.87. The van der Waals surface area contributed by atoms with E-state index < -0.39 is 0 Å². The fourth-order valence-electron chi connectivity index (χ4n) is 3.34. The SMILES string of the molecule is CCc1c(-c2nnc(SCC(=O)Nc3nc4ccccc4s3)n2C(C)C)csc1C. The smallest absolute Gasteiger partial charge is 0.236 e. The average Bonchev–Trinajstić information content (AvgIpc) is 3.41. The first-order valence-corrected chi connectivity index (χ1v) is 12.5. The maximum Gasteiger partial charge on any atom is 0.236 e. The zero-order valence-electron chi connectivity index (χ0n) is 17.3. The number of aryl methyl sites for hydroxylation is 1. The Hall–Kier alpha value is -2.23. The third-order valence-electron chi connectivity index (χ3n) is 4.75. The number of nitrogens with one attached hydrogen (secondary N) is 1. The van der Waals surface area contributed by atoms with Crippen molar-refractivity contribution in [2.45, 2.75) is 45.3 Å². The van der Waals surface area contributed by atoms with Crippen LogP contribution in [0.2, 0.25) is 0 Å². The fraction of sp³-hybridized carbons (Fsp3) is 0.333. The van der Waals surface area contributed by atoms with Gasteiger partial charge in [0.05, 0.1) is 16.0 Å². The number of rotatable bonds is 7. The number of hydrogen-bond donors (Lipinski definition) is 1. The number of thiophene rings is 1. The summed E-state index contributed by atoms with van der Waals surface area (Å²) in [5, 5.41) is 15.3. The molecule has 4 rings (SSSR count). The van der Waals surface area contributed by atoms with Gasteiger partial charge in [-0.15, -0.1) is 21.5 Å². The Kier molecular flexibility index (Phi) is 6.21. The molecule has 1 N–H and O–H groups in total. The summed E-state index contributed by atoms with van der Waals surface area (Å²) in [7, 11) is 0. The van der Waals surface area contributed by atoms with Crippen LogP contribution in [0.5, 0.6) is 0 Å². The Morgan fingerprint density at radius 1 is 1.27 bits per heavy atom. The Balaban J connectivity index is 1.50. The van der Waals surface area contributed by atoms with Crippen LogP contribution >= 0.6 is 34.4 Å². The predicted octanol–water partition coefficient (Wildman–Crippen LogP) is 5.80. The Morgan fingerprint density at radius 2 is 2.07 bits per heavy atom. The van der Waals surface area contributed by atoms with Gasteiger partial charge in [0.25, 0.3) is 0 Å². The van der Waals surface area contributed by atoms with Crippen molar-refractivity contribution in [1.29, 1.82) is 0 Å². The van der Waals surface area contributed by atoms with Gasteiger partial charge in [0, 0.05) is 21.9 Å². The van der Waals surface area contributed by atoms with E-state index in [1.54, 1.807) is 11.3 Å². The molecule has 0 atom stereocenters. The number of thiazole rings is 1. The van der Waals surface area contributed by atoms with E-state index >= 15 is 0 Å². The zero-order valence-corrected chi connectivity index (χ0v) is 19.7. The quantitative estimate of drug-likeness (QED) is 0.355. The van der Waals surface area contributed by atoms with Crippen LogP contribution in [0.4, 0.5) is 5.13 Å². The molecule has 0 aliphatic rings. The molecule has 9 heteroatoms. The maximum atomic E-state index is 12.5. The van der Waals surface area contributed by atoms with Crippen LogP contribution in [0.1, 0.15) is 37.3 Å². The average molecular weight is 458 g/mol. The first-order valence-electron chi connectivity index (χ1n) is 9.78. The van der Waals surface area contributed by atoms with Crippen molar-refractivity contribution in [1.82, 2.24) is 19.7 Å². The van der Waals surface area contributed by atoms with Crippen molar-refractivity contribution in [2.24, 2.45) is 0 Å². The van der Waals surface area contributed by atoms with E-state index in [0.717, 1.165) is 33.2 Å². The summed E-state index contributed by atoms with van der Waals surface area (Å²) >= 11 is 4.63. The van der Waals surface area contributed by atoms with Crippen molar-refractivity contribution in [3.05, 3.63) is 40.1 Å². The highest BCUT2D eigenvalue weighted by molar-refractivity contribution is 7.99. The van der Waals surface area contributed by atoms with Crippen LogP contribution in [0.25, 0.3) is 21.6 Å². The normalized spacial score (nSPS) is 11.5. The topological polar surface area (TPSA) is 72.7 Å². The van der Waals surface area contributed by atoms with Crippen molar-refractivity contribution < 1.29 is 4.79 Å². The molecule has 0 bridgehead atoms. The molecule has 1 aromatic carbocycles. The lowest BCUT2D eigenvalue weighted by atomic mass is 10.1. The summed E-state index contributed by atoms with van der Waals surface area (Å²) in [5.74, 6) is 1.03. The van der Waals surface area contributed by atoms with Crippen LogP contribution < -0.4 is 5.32 Å². The largest absolute Gasteiger partial charge is 0.301 e. The number of para-hydroxylation sites is 1. The molecule has 0 aliphatic heterocycles. The van der Waals surface area contributed by atoms with Crippen molar-refractivity contribution in [2.75, 3.05) is 11.1 Å². The molecule has 156 valence electrons. The van der Waals surface area contributed by atoms with Crippen LogP contribution in [0, 0.1) is 6.92 Å². The zero-order chi connectivity index (χ0) is 21.3. The molecule has 3 aromatic heterocycles. The van der Waals surface area contributed by atoms with Gasteiger partial charge in [-0.1, -0.05) is 42.2 Å². The molecular formula is C21H23N5OS3. The molecule has 0 radical (unpaired) electrons. The molecule has 6 nitrogen and oxygen atoms in total. The lowest BCUT2D eigenvalue weighted by Gasteiger charge is -2.14.